The van der Waals surface area contributed by atoms with Crippen LogP contribution in [0, 0.1) is 0 Å². The Morgan fingerprint density at radius 1 is 1.12 bits per heavy atom. The smallest absolute Gasteiger partial charge is 0.350 e. The van der Waals surface area contributed by atoms with E-state index in [4.69, 9.17) is 0 Å². The number of nitrogens with zero attached hydrogens (tertiary/aromatic N) is 5. The molecule has 3 aromatic heterocycles. The van der Waals surface area contributed by atoms with Gasteiger partial charge in [0.1, 0.15) is 5.82 Å². The third kappa shape index (κ3) is 3.15. The van der Waals surface area contributed by atoms with Crippen LogP contribution in [0.5, 0.6) is 0 Å². The van der Waals surface area contributed by atoms with Crippen molar-refractivity contribution >= 4 is 34.1 Å². The quantitative estimate of drug-likeness (QED) is 0.418. The van der Waals surface area contributed by atoms with Crippen molar-refractivity contribution in [3.63, 3.8) is 0 Å². The Kier molecular flexibility index (Phi) is 4.57. The number of nitrogens with one attached hydrogen (secondary N) is 1. The minimum Gasteiger partial charge on any atom is -0.370 e. The molecule has 0 aliphatic rings. The normalized spacial score (nSPS) is 11.3. The van der Waals surface area contributed by atoms with E-state index >= 15 is 0 Å². The van der Waals surface area contributed by atoms with Crippen LogP contribution >= 0.6 is 11.8 Å². The van der Waals surface area contributed by atoms with Gasteiger partial charge in [-0.1, -0.05) is 30.0 Å². The largest absolute Gasteiger partial charge is 0.370 e. The molecule has 0 unspecified atom stereocenters. The molecule has 7 nitrogen and oxygen atoms in total. The maximum absolute atomic E-state index is 12.3. The van der Waals surface area contributed by atoms with E-state index in [1.807, 2.05) is 49.4 Å². The monoisotopic (exact) mass is 366 g/mol. The SMILES string of the molecule is CCNc1nc(SCCn2nc3ccccn3c2=O)nc2ccccc12. The van der Waals surface area contributed by atoms with Crippen LogP contribution in [0.2, 0.25) is 0 Å². The van der Waals surface area contributed by atoms with Crippen molar-refractivity contribution < 1.29 is 0 Å². The second-order valence-corrected chi connectivity index (χ2v) is 6.75. The number of hydrogen-bond acceptors (Lipinski definition) is 6. The first-order chi connectivity index (χ1) is 12.8. The Hall–Kier alpha value is -2.87. The summed E-state index contributed by atoms with van der Waals surface area (Å²) >= 11 is 1.52. The first-order valence-corrected chi connectivity index (χ1v) is 9.42. The number of pyridine rings is 1. The molecule has 0 amide bonds. The molecule has 4 rings (SSSR count). The molecule has 8 heteroatoms. The van der Waals surface area contributed by atoms with Gasteiger partial charge in [-0.05, 0) is 31.2 Å². The number of anilines is 1. The van der Waals surface area contributed by atoms with E-state index in [-0.39, 0.29) is 5.69 Å². The molecular weight excluding hydrogens is 348 g/mol. The summed E-state index contributed by atoms with van der Waals surface area (Å²) in [5.41, 5.74) is 1.43. The second-order valence-electron chi connectivity index (χ2n) is 5.69. The van der Waals surface area contributed by atoms with Crippen LogP contribution in [-0.2, 0) is 6.54 Å². The van der Waals surface area contributed by atoms with E-state index in [1.165, 1.54) is 16.4 Å². The Morgan fingerprint density at radius 2 is 1.96 bits per heavy atom. The van der Waals surface area contributed by atoms with Crippen LogP contribution in [0.25, 0.3) is 16.6 Å². The van der Waals surface area contributed by atoms with Crippen LogP contribution < -0.4 is 11.0 Å². The molecule has 0 aliphatic carbocycles. The molecule has 1 aromatic carbocycles. The van der Waals surface area contributed by atoms with E-state index in [0.29, 0.717) is 23.1 Å². The van der Waals surface area contributed by atoms with Gasteiger partial charge < -0.3 is 5.32 Å². The molecule has 0 saturated carbocycles. The van der Waals surface area contributed by atoms with Crippen LogP contribution in [0.3, 0.4) is 0 Å². The van der Waals surface area contributed by atoms with Crippen LogP contribution in [-0.4, -0.2) is 36.4 Å². The summed E-state index contributed by atoms with van der Waals surface area (Å²) in [5.74, 6) is 1.50. The maximum atomic E-state index is 12.3. The average Bonchev–Trinajstić information content (AvgIpc) is 2.98. The van der Waals surface area contributed by atoms with Gasteiger partial charge in [0.15, 0.2) is 10.8 Å². The lowest BCUT2D eigenvalue weighted by atomic mass is 10.2. The Balaban J connectivity index is 1.54. The molecule has 1 N–H and O–H groups in total. The predicted molar refractivity (Wildman–Crippen MR) is 104 cm³/mol. The van der Waals surface area contributed by atoms with Crippen molar-refractivity contribution in [3.05, 3.63) is 59.1 Å². The summed E-state index contributed by atoms with van der Waals surface area (Å²) in [5, 5.41) is 9.33. The molecule has 4 aromatic rings. The second kappa shape index (κ2) is 7.17. The van der Waals surface area contributed by atoms with Crippen molar-refractivity contribution in [2.75, 3.05) is 17.6 Å². The van der Waals surface area contributed by atoms with E-state index in [9.17, 15) is 4.79 Å². The summed E-state index contributed by atoms with van der Waals surface area (Å²) < 4.78 is 3.02. The van der Waals surface area contributed by atoms with Gasteiger partial charge in [-0.15, -0.1) is 5.10 Å². The highest BCUT2D eigenvalue weighted by molar-refractivity contribution is 7.99. The number of para-hydroxylation sites is 1. The van der Waals surface area contributed by atoms with E-state index in [0.717, 1.165) is 23.3 Å². The summed E-state index contributed by atoms with van der Waals surface area (Å²) in [6.07, 6.45) is 1.73. The van der Waals surface area contributed by atoms with E-state index in [1.54, 1.807) is 10.6 Å². The fourth-order valence-electron chi connectivity index (χ4n) is 2.76. The minimum atomic E-state index is -0.131. The number of benzene rings is 1. The lowest BCUT2D eigenvalue weighted by molar-refractivity contribution is 0.639. The first kappa shape index (κ1) is 16.6. The third-order valence-electron chi connectivity index (χ3n) is 3.95. The molecule has 0 fully saturated rings. The fourth-order valence-corrected chi connectivity index (χ4v) is 3.52. The van der Waals surface area contributed by atoms with Gasteiger partial charge in [-0.3, -0.25) is 4.40 Å². The number of fused-ring (bicyclic) bond motifs is 2. The van der Waals surface area contributed by atoms with Crippen LogP contribution in [0.15, 0.2) is 58.6 Å². The molecule has 132 valence electrons. The Bertz CT molecular complexity index is 1120. The molecule has 0 atom stereocenters. The summed E-state index contributed by atoms with van der Waals surface area (Å²) in [6, 6.07) is 13.4. The zero-order chi connectivity index (χ0) is 17.9. The van der Waals surface area contributed by atoms with Crippen LogP contribution in [0.4, 0.5) is 5.82 Å². The maximum Gasteiger partial charge on any atom is 0.350 e. The molecule has 26 heavy (non-hydrogen) atoms. The third-order valence-corrected chi connectivity index (χ3v) is 4.78. The van der Waals surface area contributed by atoms with Crippen molar-refractivity contribution in [1.82, 2.24) is 24.1 Å². The molecule has 0 radical (unpaired) electrons. The molecular formula is C18H18N6OS. The summed E-state index contributed by atoms with van der Waals surface area (Å²) in [6.45, 7) is 3.33. The zero-order valence-electron chi connectivity index (χ0n) is 14.3. The van der Waals surface area contributed by atoms with Crippen molar-refractivity contribution in [1.29, 1.82) is 0 Å². The fraction of sp³-hybridized carbons (Fsp3) is 0.222. The average molecular weight is 366 g/mol. The van der Waals surface area contributed by atoms with Gasteiger partial charge in [0.05, 0.1) is 12.1 Å². The lowest BCUT2D eigenvalue weighted by Crippen LogP contribution is -2.22. The molecule has 0 bridgehead atoms. The van der Waals surface area contributed by atoms with Gasteiger partial charge in [-0.25, -0.2) is 19.4 Å². The molecule has 0 aliphatic heterocycles. The predicted octanol–water partition coefficient (Wildman–Crippen LogP) is 2.66. The van der Waals surface area contributed by atoms with Crippen LogP contribution in [0.1, 0.15) is 6.92 Å². The number of thioether (sulfide) groups is 1. The molecule has 0 spiro atoms. The highest BCUT2D eigenvalue weighted by atomic mass is 32.2. The minimum absolute atomic E-state index is 0.131. The topological polar surface area (TPSA) is 77.1 Å². The number of aryl methyl sites for hydroxylation is 1. The number of rotatable bonds is 6. The van der Waals surface area contributed by atoms with Crippen molar-refractivity contribution in [2.45, 2.75) is 18.6 Å². The Labute approximate surface area is 154 Å². The summed E-state index contributed by atoms with van der Waals surface area (Å²) in [4.78, 5) is 21.5. The van der Waals surface area contributed by atoms with Gasteiger partial charge in [-0.2, -0.15) is 0 Å². The van der Waals surface area contributed by atoms with Gasteiger partial charge in [0, 0.05) is 23.9 Å². The Morgan fingerprint density at radius 3 is 2.81 bits per heavy atom. The van der Waals surface area contributed by atoms with Gasteiger partial charge in [0.2, 0.25) is 0 Å². The standard InChI is InChI=1S/C18H18N6OS/c1-2-19-16-13-7-3-4-8-14(13)20-17(21-16)26-12-11-24-18(25)23-10-6-5-9-15(23)22-24/h3-10H,2,11-12H2,1H3,(H,19,20,21). The highest BCUT2D eigenvalue weighted by Gasteiger charge is 2.09. The van der Waals surface area contributed by atoms with Crippen molar-refractivity contribution in [2.24, 2.45) is 0 Å². The van der Waals surface area contributed by atoms with Gasteiger partial charge >= 0.3 is 5.69 Å². The van der Waals surface area contributed by atoms with E-state index < -0.39 is 0 Å². The lowest BCUT2D eigenvalue weighted by Gasteiger charge is -2.09. The number of aromatic nitrogens is 5. The highest BCUT2D eigenvalue weighted by Crippen LogP contribution is 2.24. The number of hydrogen-bond donors (Lipinski definition) is 1. The zero-order valence-corrected chi connectivity index (χ0v) is 15.1. The van der Waals surface area contributed by atoms with Crippen molar-refractivity contribution in [3.8, 4) is 0 Å². The van der Waals surface area contributed by atoms with E-state index in [2.05, 4.69) is 20.4 Å². The molecule has 3 heterocycles. The molecule has 0 saturated heterocycles. The summed E-state index contributed by atoms with van der Waals surface area (Å²) in [7, 11) is 0. The van der Waals surface area contributed by atoms with Gasteiger partial charge in [0.25, 0.3) is 0 Å². The first-order valence-electron chi connectivity index (χ1n) is 8.44.